The van der Waals surface area contributed by atoms with Crippen LogP contribution in [0.2, 0.25) is 5.02 Å². The van der Waals surface area contributed by atoms with Gasteiger partial charge >= 0.3 is 0 Å². The lowest BCUT2D eigenvalue weighted by Gasteiger charge is -2.36. The summed E-state index contributed by atoms with van der Waals surface area (Å²) in [5, 5.41) is 11.5. The zero-order chi connectivity index (χ0) is 24.0. The fourth-order valence-corrected chi connectivity index (χ4v) is 5.47. The molecule has 0 atom stereocenters. The Morgan fingerprint density at radius 3 is 2.50 bits per heavy atom. The number of phenols is 1. The number of carbonyl (C=O) groups is 1. The Balaban J connectivity index is 1.59. The molecule has 0 unspecified atom stereocenters. The Morgan fingerprint density at radius 2 is 1.85 bits per heavy atom. The summed E-state index contributed by atoms with van der Waals surface area (Å²) in [5.41, 5.74) is 5.37. The molecule has 0 spiro atoms. The van der Waals surface area contributed by atoms with Gasteiger partial charge in [0.1, 0.15) is 5.75 Å². The van der Waals surface area contributed by atoms with Gasteiger partial charge in [0, 0.05) is 37.1 Å². The van der Waals surface area contributed by atoms with Crippen LogP contribution < -0.4 is 4.90 Å². The number of hydrogen-bond acceptors (Lipinski definition) is 5. The van der Waals surface area contributed by atoms with Crippen molar-refractivity contribution in [1.29, 1.82) is 0 Å². The Bertz CT molecular complexity index is 1220. The SMILES string of the molecule is Cc1cc(-c2ccc3ncc(C(=O)C4CC4)c(N4CCC(CN(C)C)CC4)c3c2)cc(Cl)c1O. The smallest absolute Gasteiger partial charge is 0.169 e. The van der Waals surface area contributed by atoms with Crippen molar-refractivity contribution < 1.29 is 9.90 Å². The highest BCUT2D eigenvalue weighted by Gasteiger charge is 2.34. The van der Waals surface area contributed by atoms with Crippen LogP contribution in [-0.2, 0) is 0 Å². The molecule has 1 aliphatic carbocycles. The monoisotopic (exact) mass is 477 g/mol. The first-order valence-electron chi connectivity index (χ1n) is 12.2. The van der Waals surface area contributed by atoms with Gasteiger partial charge in [-0.3, -0.25) is 9.78 Å². The van der Waals surface area contributed by atoms with Crippen LogP contribution in [0, 0.1) is 18.8 Å². The molecule has 178 valence electrons. The van der Waals surface area contributed by atoms with Crippen molar-refractivity contribution in [3.63, 3.8) is 0 Å². The molecule has 2 aliphatic rings. The second-order valence-corrected chi connectivity index (χ2v) is 10.6. The van der Waals surface area contributed by atoms with Crippen LogP contribution in [0.4, 0.5) is 5.69 Å². The second kappa shape index (κ2) is 9.20. The third-order valence-electron chi connectivity index (χ3n) is 7.19. The predicted octanol–water partition coefficient (Wildman–Crippen LogP) is 5.94. The quantitative estimate of drug-likeness (QED) is 0.445. The number of halogens is 1. The number of rotatable bonds is 6. The largest absolute Gasteiger partial charge is 0.506 e. The Hall–Kier alpha value is -2.63. The second-order valence-electron chi connectivity index (χ2n) is 10.2. The number of piperidine rings is 1. The van der Waals surface area contributed by atoms with E-state index >= 15 is 0 Å². The van der Waals surface area contributed by atoms with E-state index in [4.69, 9.17) is 11.6 Å². The van der Waals surface area contributed by atoms with E-state index < -0.39 is 0 Å². The van der Waals surface area contributed by atoms with Crippen LogP contribution >= 0.6 is 11.6 Å². The van der Waals surface area contributed by atoms with E-state index in [1.54, 1.807) is 12.3 Å². The fourth-order valence-electron chi connectivity index (χ4n) is 5.20. The number of anilines is 1. The summed E-state index contributed by atoms with van der Waals surface area (Å²) in [6.45, 7) is 4.83. The molecular weight excluding hydrogens is 446 g/mol. The zero-order valence-electron chi connectivity index (χ0n) is 20.1. The third kappa shape index (κ3) is 4.51. The maximum absolute atomic E-state index is 13.3. The van der Waals surface area contributed by atoms with E-state index in [2.05, 4.69) is 34.9 Å². The molecule has 5 rings (SSSR count). The highest BCUT2D eigenvalue weighted by atomic mass is 35.5. The molecule has 1 N–H and O–H groups in total. The molecule has 1 aromatic heterocycles. The van der Waals surface area contributed by atoms with Crippen molar-refractivity contribution in [2.75, 3.05) is 38.6 Å². The molecule has 1 aliphatic heterocycles. The molecule has 2 fully saturated rings. The van der Waals surface area contributed by atoms with Crippen LogP contribution in [0.15, 0.2) is 36.5 Å². The molecule has 6 heteroatoms. The maximum atomic E-state index is 13.3. The van der Waals surface area contributed by atoms with Crippen LogP contribution in [0.3, 0.4) is 0 Å². The number of carbonyl (C=O) groups excluding carboxylic acids is 1. The number of hydrogen-bond donors (Lipinski definition) is 1. The number of fused-ring (bicyclic) bond motifs is 1. The summed E-state index contributed by atoms with van der Waals surface area (Å²) in [5.74, 6) is 1.17. The topological polar surface area (TPSA) is 56.7 Å². The van der Waals surface area contributed by atoms with Gasteiger partial charge in [-0.1, -0.05) is 17.7 Å². The summed E-state index contributed by atoms with van der Waals surface area (Å²) < 4.78 is 0. The molecule has 0 bridgehead atoms. The number of ketones is 1. The van der Waals surface area contributed by atoms with Gasteiger partial charge in [0.2, 0.25) is 0 Å². The number of phenolic OH excluding ortho intramolecular Hbond substituents is 1. The van der Waals surface area contributed by atoms with Crippen molar-refractivity contribution in [1.82, 2.24) is 9.88 Å². The minimum atomic E-state index is 0.117. The number of nitrogens with zero attached hydrogens (tertiary/aromatic N) is 3. The molecule has 1 saturated heterocycles. The first kappa shape index (κ1) is 23.1. The number of benzene rings is 2. The number of aromatic hydroxyl groups is 1. The lowest BCUT2D eigenvalue weighted by molar-refractivity contribution is 0.0968. The molecule has 0 radical (unpaired) electrons. The van der Waals surface area contributed by atoms with Gasteiger partial charge in [0.05, 0.1) is 21.8 Å². The summed E-state index contributed by atoms with van der Waals surface area (Å²) in [4.78, 5) is 22.6. The van der Waals surface area contributed by atoms with Gasteiger partial charge in [-0.05, 0) is 93.6 Å². The van der Waals surface area contributed by atoms with Crippen LogP contribution in [0.5, 0.6) is 5.75 Å². The minimum Gasteiger partial charge on any atom is -0.506 e. The molecule has 0 amide bonds. The standard InChI is InChI=1S/C28H32ClN3O2/c1-17-12-21(14-24(29)27(17)33)20-6-7-25-22(13-20)26(23(15-30-25)28(34)19-4-5-19)32-10-8-18(9-11-32)16-31(2)3/h6-7,12-15,18-19,33H,4-5,8-11,16H2,1-3H3. The normalized spacial score (nSPS) is 17.0. The molecule has 2 aromatic carbocycles. The molecule has 34 heavy (non-hydrogen) atoms. The lowest BCUT2D eigenvalue weighted by Crippen LogP contribution is -2.38. The van der Waals surface area contributed by atoms with E-state index in [0.29, 0.717) is 10.9 Å². The Kier molecular flexibility index (Phi) is 6.26. The summed E-state index contributed by atoms with van der Waals surface area (Å²) in [6.07, 6.45) is 5.99. The number of pyridine rings is 1. The van der Waals surface area contributed by atoms with Crippen molar-refractivity contribution >= 4 is 34.0 Å². The predicted molar refractivity (Wildman–Crippen MR) is 139 cm³/mol. The van der Waals surface area contributed by atoms with Crippen molar-refractivity contribution in [2.24, 2.45) is 11.8 Å². The summed E-state index contributed by atoms with van der Waals surface area (Å²) in [7, 11) is 4.27. The van der Waals surface area contributed by atoms with Gasteiger partial charge in [-0.2, -0.15) is 0 Å². The fraction of sp³-hybridized carbons (Fsp3) is 0.429. The maximum Gasteiger partial charge on any atom is 0.169 e. The van der Waals surface area contributed by atoms with Crippen LogP contribution in [0.1, 0.15) is 41.6 Å². The van der Waals surface area contributed by atoms with Gasteiger partial charge < -0.3 is 14.9 Å². The average Bonchev–Trinajstić information content (AvgIpc) is 3.66. The van der Waals surface area contributed by atoms with Crippen molar-refractivity contribution in [2.45, 2.75) is 32.6 Å². The van der Waals surface area contributed by atoms with Crippen LogP contribution in [0.25, 0.3) is 22.0 Å². The molecule has 2 heterocycles. The van der Waals surface area contributed by atoms with Crippen molar-refractivity contribution in [3.05, 3.63) is 52.7 Å². The van der Waals surface area contributed by atoms with Crippen molar-refractivity contribution in [3.8, 4) is 16.9 Å². The van der Waals surface area contributed by atoms with E-state index in [0.717, 1.165) is 84.2 Å². The van der Waals surface area contributed by atoms with E-state index in [-0.39, 0.29) is 17.5 Å². The first-order valence-corrected chi connectivity index (χ1v) is 12.6. The summed E-state index contributed by atoms with van der Waals surface area (Å²) >= 11 is 6.28. The van der Waals surface area contributed by atoms with Gasteiger partial charge in [0.25, 0.3) is 0 Å². The number of aryl methyl sites for hydroxylation is 1. The minimum absolute atomic E-state index is 0.117. The third-order valence-corrected chi connectivity index (χ3v) is 7.48. The van der Waals surface area contributed by atoms with Gasteiger partial charge in [-0.15, -0.1) is 0 Å². The Morgan fingerprint density at radius 1 is 1.12 bits per heavy atom. The molecule has 1 saturated carbocycles. The molecular formula is C28H32ClN3O2. The van der Waals surface area contributed by atoms with Crippen LogP contribution in [-0.4, -0.2) is 54.5 Å². The zero-order valence-corrected chi connectivity index (χ0v) is 20.9. The van der Waals surface area contributed by atoms with E-state index in [9.17, 15) is 9.90 Å². The number of aromatic nitrogens is 1. The highest BCUT2D eigenvalue weighted by Crippen LogP contribution is 2.41. The average molecular weight is 478 g/mol. The van der Waals surface area contributed by atoms with Gasteiger partial charge in [-0.25, -0.2) is 0 Å². The first-order chi connectivity index (χ1) is 16.3. The Labute approximate surface area is 206 Å². The summed E-state index contributed by atoms with van der Waals surface area (Å²) in [6, 6.07) is 9.93. The van der Waals surface area contributed by atoms with E-state index in [1.165, 1.54) is 0 Å². The molecule has 3 aromatic rings. The van der Waals surface area contributed by atoms with Gasteiger partial charge in [0.15, 0.2) is 5.78 Å². The lowest BCUT2D eigenvalue weighted by atomic mass is 9.93. The number of Topliss-reactive ketones (excluding diaryl/α,β-unsaturated/α-hetero) is 1. The van der Waals surface area contributed by atoms with E-state index in [1.807, 2.05) is 25.1 Å². The molecule has 5 nitrogen and oxygen atoms in total. The highest BCUT2D eigenvalue weighted by molar-refractivity contribution is 6.32.